The molecule has 0 bridgehead atoms. The predicted molar refractivity (Wildman–Crippen MR) is 94.7 cm³/mol. The zero-order chi connectivity index (χ0) is 18.1. The van der Waals surface area contributed by atoms with Gasteiger partial charge in [0.15, 0.2) is 5.78 Å². The second-order valence-electron chi connectivity index (χ2n) is 9.75. The molecule has 3 N–H and O–H groups in total. The number of aliphatic hydroxyl groups excluding tert-OH is 3. The van der Waals surface area contributed by atoms with Gasteiger partial charge in [0, 0.05) is 5.41 Å². The minimum atomic E-state index is -0.685. The van der Waals surface area contributed by atoms with Crippen LogP contribution in [0.1, 0.15) is 59.3 Å². The molecule has 25 heavy (non-hydrogen) atoms. The van der Waals surface area contributed by atoms with E-state index in [9.17, 15) is 20.1 Å². The monoisotopic (exact) mass is 348 g/mol. The lowest BCUT2D eigenvalue weighted by molar-refractivity contribution is -0.189. The van der Waals surface area contributed by atoms with Crippen LogP contribution in [0, 0.1) is 34.5 Å². The second kappa shape index (κ2) is 5.64. The van der Waals surface area contributed by atoms with E-state index in [0.717, 1.165) is 24.8 Å². The number of fused-ring (bicyclic) bond motifs is 5. The number of Topliss-reactive ketones (excluding diaryl/α,β-unsaturated/α-hetero) is 1. The van der Waals surface area contributed by atoms with Crippen LogP contribution in [0.2, 0.25) is 0 Å². The fourth-order valence-electron chi connectivity index (χ4n) is 7.52. The molecule has 0 amide bonds. The van der Waals surface area contributed by atoms with Crippen molar-refractivity contribution in [2.75, 3.05) is 0 Å². The van der Waals surface area contributed by atoms with Crippen molar-refractivity contribution >= 4 is 5.78 Å². The molecule has 3 saturated carbocycles. The molecule has 4 unspecified atom stereocenters. The summed E-state index contributed by atoms with van der Waals surface area (Å²) in [6, 6.07) is 0. The minimum Gasteiger partial charge on any atom is -0.393 e. The molecule has 140 valence electrons. The first-order valence-electron chi connectivity index (χ1n) is 9.94. The van der Waals surface area contributed by atoms with Gasteiger partial charge in [0.25, 0.3) is 0 Å². The number of carbonyl (C=O) groups is 1. The zero-order valence-corrected chi connectivity index (χ0v) is 15.6. The van der Waals surface area contributed by atoms with E-state index in [1.807, 2.05) is 0 Å². The number of carbonyl (C=O) groups excluding carboxylic acids is 1. The maximum absolute atomic E-state index is 12.1. The highest BCUT2D eigenvalue weighted by Gasteiger charge is 2.62. The van der Waals surface area contributed by atoms with E-state index in [-0.39, 0.29) is 22.5 Å². The van der Waals surface area contributed by atoms with Gasteiger partial charge in [-0.05, 0) is 80.1 Å². The molecular weight excluding hydrogens is 316 g/mol. The van der Waals surface area contributed by atoms with Crippen LogP contribution in [0.3, 0.4) is 0 Å². The zero-order valence-electron chi connectivity index (χ0n) is 15.6. The van der Waals surface area contributed by atoms with Crippen molar-refractivity contribution in [2.45, 2.75) is 77.6 Å². The van der Waals surface area contributed by atoms with Crippen LogP contribution in [0.5, 0.6) is 0 Å². The highest BCUT2D eigenvalue weighted by molar-refractivity contribution is 5.95. The first-order chi connectivity index (χ1) is 11.7. The quantitative estimate of drug-likeness (QED) is 0.680. The molecule has 0 radical (unpaired) electrons. The van der Waals surface area contributed by atoms with Gasteiger partial charge in [0.1, 0.15) is 0 Å². The number of hydrogen-bond acceptors (Lipinski definition) is 4. The Labute approximate surface area is 150 Å². The van der Waals surface area contributed by atoms with Crippen molar-refractivity contribution in [3.63, 3.8) is 0 Å². The molecule has 0 aromatic rings. The summed E-state index contributed by atoms with van der Waals surface area (Å²) < 4.78 is 0. The van der Waals surface area contributed by atoms with Gasteiger partial charge in [0.2, 0.25) is 0 Å². The maximum atomic E-state index is 12.1. The van der Waals surface area contributed by atoms with Gasteiger partial charge < -0.3 is 15.3 Å². The third-order valence-electron chi connectivity index (χ3n) is 8.58. The molecule has 9 atom stereocenters. The summed E-state index contributed by atoms with van der Waals surface area (Å²) in [7, 11) is 0. The molecule has 3 fully saturated rings. The molecule has 4 aliphatic rings. The maximum Gasteiger partial charge on any atom is 0.156 e. The molecule has 4 heteroatoms. The molecule has 4 aliphatic carbocycles. The van der Waals surface area contributed by atoms with Gasteiger partial charge in [-0.15, -0.1) is 0 Å². The van der Waals surface area contributed by atoms with Crippen LogP contribution >= 0.6 is 0 Å². The number of hydrogen-bond donors (Lipinski definition) is 3. The lowest BCUT2D eigenvalue weighted by Crippen LogP contribution is -2.60. The molecular formula is C21H32O4. The molecule has 4 nitrogen and oxygen atoms in total. The van der Waals surface area contributed by atoms with Crippen LogP contribution in [0.15, 0.2) is 11.6 Å². The van der Waals surface area contributed by atoms with E-state index in [1.165, 1.54) is 0 Å². The Morgan fingerprint density at radius 2 is 1.80 bits per heavy atom. The average Bonchev–Trinajstić information content (AvgIpc) is 2.85. The van der Waals surface area contributed by atoms with Gasteiger partial charge in [-0.25, -0.2) is 0 Å². The Kier molecular flexibility index (Phi) is 3.99. The van der Waals surface area contributed by atoms with Gasteiger partial charge in [-0.3, -0.25) is 4.79 Å². The normalized spacial score (nSPS) is 55.0. The summed E-state index contributed by atoms with van der Waals surface area (Å²) in [4.78, 5) is 12.1. The molecule has 0 aromatic heterocycles. The van der Waals surface area contributed by atoms with Gasteiger partial charge in [-0.1, -0.05) is 19.9 Å². The number of rotatable bonds is 1. The first-order valence-corrected chi connectivity index (χ1v) is 9.94. The van der Waals surface area contributed by atoms with Gasteiger partial charge in [0.05, 0.1) is 18.3 Å². The van der Waals surface area contributed by atoms with Crippen molar-refractivity contribution in [1.82, 2.24) is 0 Å². The summed E-state index contributed by atoms with van der Waals surface area (Å²) in [5.41, 5.74) is 0.588. The van der Waals surface area contributed by atoms with E-state index in [0.29, 0.717) is 37.0 Å². The van der Waals surface area contributed by atoms with Crippen LogP contribution in [-0.4, -0.2) is 39.4 Å². The van der Waals surface area contributed by atoms with Crippen molar-refractivity contribution in [3.05, 3.63) is 11.6 Å². The second-order valence-corrected chi connectivity index (χ2v) is 9.75. The number of ketones is 1. The smallest absolute Gasteiger partial charge is 0.156 e. The van der Waals surface area contributed by atoms with E-state index in [2.05, 4.69) is 19.9 Å². The number of allylic oxidation sites excluding steroid dienone is 2. The summed E-state index contributed by atoms with van der Waals surface area (Å²) in [5.74, 6) is 1.48. The lowest BCUT2D eigenvalue weighted by atomic mass is 9.43. The Balaban J connectivity index is 1.69. The Morgan fingerprint density at radius 3 is 2.48 bits per heavy atom. The first kappa shape index (κ1) is 17.7. The van der Waals surface area contributed by atoms with Crippen molar-refractivity contribution in [3.8, 4) is 0 Å². The summed E-state index contributed by atoms with van der Waals surface area (Å²) in [6.45, 7) is 6.05. The summed E-state index contributed by atoms with van der Waals surface area (Å²) in [5, 5.41) is 31.6. The summed E-state index contributed by atoms with van der Waals surface area (Å²) >= 11 is 0. The standard InChI is InChI=1S/C21H32O4/c1-11(22)14-6-7-15-13-5-4-12-8-16(23)17(24)9-20(12,2)19(13)18(25)10-21(14,15)3/h6,12-13,15-19,23-25H,4-5,7-10H2,1-3H3/t12?,13-,15-,16?,17?,18?,19+,20-,21+/m0/s1. The lowest BCUT2D eigenvalue weighted by Gasteiger charge is -2.62. The largest absolute Gasteiger partial charge is 0.393 e. The Hall–Kier alpha value is -0.710. The average molecular weight is 348 g/mol. The third-order valence-corrected chi connectivity index (χ3v) is 8.58. The highest BCUT2D eigenvalue weighted by atomic mass is 16.3. The van der Waals surface area contributed by atoms with E-state index >= 15 is 0 Å². The predicted octanol–water partition coefficient (Wildman–Crippen LogP) is 2.46. The van der Waals surface area contributed by atoms with E-state index in [4.69, 9.17) is 0 Å². The molecule has 4 rings (SSSR count). The third kappa shape index (κ3) is 2.33. The van der Waals surface area contributed by atoms with Gasteiger partial charge in [-0.2, -0.15) is 0 Å². The van der Waals surface area contributed by atoms with Crippen molar-refractivity contribution in [1.29, 1.82) is 0 Å². The highest BCUT2D eigenvalue weighted by Crippen LogP contribution is 2.66. The summed E-state index contributed by atoms with van der Waals surface area (Å²) in [6.07, 6.45) is 5.28. The van der Waals surface area contributed by atoms with Crippen molar-refractivity contribution in [2.24, 2.45) is 34.5 Å². The SMILES string of the molecule is CC(=O)C1=CC[C@H]2[C@@H]3CCC4CC(O)C(O)C[C@]4(C)[C@H]3C(O)C[C@]12C. The van der Waals surface area contributed by atoms with E-state index < -0.39 is 18.3 Å². The number of aliphatic hydroxyl groups is 3. The topological polar surface area (TPSA) is 77.8 Å². The van der Waals surface area contributed by atoms with Crippen LogP contribution in [-0.2, 0) is 4.79 Å². The van der Waals surface area contributed by atoms with Crippen LogP contribution in [0.4, 0.5) is 0 Å². The van der Waals surface area contributed by atoms with Crippen LogP contribution in [0.25, 0.3) is 0 Å². The Bertz CT molecular complexity index is 613. The molecule has 0 saturated heterocycles. The van der Waals surface area contributed by atoms with Crippen molar-refractivity contribution < 1.29 is 20.1 Å². The Morgan fingerprint density at radius 1 is 1.08 bits per heavy atom. The molecule has 0 heterocycles. The van der Waals surface area contributed by atoms with E-state index in [1.54, 1.807) is 6.92 Å². The fraction of sp³-hybridized carbons (Fsp3) is 0.857. The fourth-order valence-corrected chi connectivity index (χ4v) is 7.52. The molecule has 0 spiro atoms. The molecule has 0 aromatic carbocycles. The van der Waals surface area contributed by atoms with Crippen LogP contribution < -0.4 is 0 Å². The van der Waals surface area contributed by atoms with Gasteiger partial charge >= 0.3 is 0 Å². The molecule has 0 aliphatic heterocycles. The minimum absolute atomic E-state index is 0.124.